The Morgan fingerprint density at radius 3 is 2.71 bits per heavy atom. The number of benzene rings is 2. The van der Waals surface area contributed by atoms with Gasteiger partial charge in [0.15, 0.2) is 0 Å². The van der Waals surface area contributed by atoms with Crippen molar-refractivity contribution in [2.24, 2.45) is 0 Å². The van der Waals surface area contributed by atoms with Crippen molar-refractivity contribution in [3.05, 3.63) is 70.1 Å². The van der Waals surface area contributed by atoms with E-state index in [9.17, 15) is 18.7 Å². The maximum absolute atomic E-state index is 13.9. The van der Waals surface area contributed by atoms with Crippen molar-refractivity contribution < 1.29 is 18.7 Å². The lowest BCUT2D eigenvalue weighted by Gasteiger charge is -2.12. The number of fused-ring (bicyclic) bond motifs is 1. The summed E-state index contributed by atoms with van der Waals surface area (Å²) < 4.78 is 27.8. The van der Waals surface area contributed by atoms with Gasteiger partial charge in [0.05, 0.1) is 11.0 Å². The smallest absolute Gasteiger partial charge is 0.261 e. The van der Waals surface area contributed by atoms with Crippen molar-refractivity contribution in [2.45, 2.75) is 13.0 Å². The summed E-state index contributed by atoms with van der Waals surface area (Å²) in [4.78, 5) is 12.7. The van der Waals surface area contributed by atoms with Gasteiger partial charge in [-0.3, -0.25) is 4.79 Å². The van der Waals surface area contributed by atoms with E-state index in [0.717, 1.165) is 0 Å². The first-order valence-corrected chi connectivity index (χ1v) is 8.18. The molecule has 3 rings (SSSR count). The monoisotopic (exact) mass is 347 g/mol. The molecule has 0 aliphatic rings. The number of hydrogen-bond donors (Lipinski definition) is 2. The maximum Gasteiger partial charge on any atom is 0.261 e. The second-order valence-corrected chi connectivity index (χ2v) is 6.50. The Morgan fingerprint density at radius 1 is 1.25 bits per heavy atom. The zero-order valence-corrected chi connectivity index (χ0v) is 13.7. The van der Waals surface area contributed by atoms with Gasteiger partial charge >= 0.3 is 0 Å². The largest absolute Gasteiger partial charge is 0.387 e. The second kappa shape index (κ2) is 6.67. The highest BCUT2D eigenvalue weighted by Gasteiger charge is 2.18. The number of aliphatic hydroxyl groups excluding tert-OH is 1. The third-order valence-electron chi connectivity index (χ3n) is 3.80. The molecular formula is C18H15F2NO2S. The molecule has 0 saturated heterocycles. The first-order valence-electron chi connectivity index (χ1n) is 7.36. The molecule has 1 unspecified atom stereocenters. The van der Waals surface area contributed by atoms with Gasteiger partial charge in [-0.25, -0.2) is 8.78 Å². The van der Waals surface area contributed by atoms with Gasteiger partial charge in [-0.05, 0) is 42.3 Å². The normalized spacial score (nSPS) is 12.3. The molecule has 0 aliphatic carbocycles. The van der Waals surface area contributed by atoms with Gasteiger partial charge < -0.3 is 10.4 Å². The molecule has 0 spiro atoms. The minimum atomic E-state index is -1.02. The second-order valence-electron chi connectivity index (χ2n) is 5.45. The fourth-order valence-electron chi connectivity index (χ4n) is 2.57. The fourth-order valence-corrected chi connectivity index (χ4v) is 3.71. The third kappa shape index (κ3) is 3.16. The number of amides is 1. The highest BCUT2D eigenvalue weighted by atomic mass is 32.1. The van der Waals surface area contributed by atoms with Crippen LogP contribution in [0.1, 0.15) is 26.9 Å². The van der Waals surface area contributed by atoms with Crippen LogP contribution in [0.3, 0.4) is 0 Å². The van der Waals surface area contributed by atoms with E-state index in [1.807, 2.05) is 0 Å². The first-order chi connectivity index (χ1) is 11.5. The lowest BCUT2D eigenvalue weighted by atomic mass is 10.1. The van der Waals surface area contributed by atoms with E-state index in [1.165, 1.54) is 35.6 Å². The number of rotatable bonds is 4. The summed E-state index contributed by atoms with van der Waals surface area (Å²) in [6.07, 6.45) is -1.02. The van der Waals surface area contributed by atoms with Gasteiger partial charge in [0.25, 0.3) is 5.91 Å². The van der Waals surface area contributed by atoms with Crippen LogP contribution in [0.2, 0.25) is 0 Å². The summed E-state index contributed by atoms with van der Waals surface area (Å²) in [5, 5.41) is 13.1. The highest BCUT2D eigenvalue weighted by Crippen LogP contribution is 2.32. The zero-order chi connectivity index (χ0) is 17.3. The Kier molecular flexibility index (Phi) is 4.59. The van der Waals surface area contributed by atoms with Crippen LogP contribution in [0.25, 0.3) is 10.1 Å². The summed E-state index contributed by atoms with van der Waals surface area (Å²) in [6.45, 7) is 1.64. The van der Waals surface area contributed by atoms with Crippen molar-refractivity contribution >= 4 is 27.3 Å². The molecule has 3 nitrogen and oxygen atoms in total. The van der Waals surface area contributed by atoms with E-state index >= 15 is 0 Å². The Bertz CT molecular complexity index is 907. The number of nitrogens with one attached hydrogen (secondary N) is 1. The molecule has 1 aromatic heterocycles. The average molecular weight is 347 g/mol. The zero-order valence-electron chi connectivity index (χ0n) is 12.8. The minimum absolute atomic E-state index is 0.0571. The molecule has 6 heteroatoms. The molecule has 24 heavy (non-hydrogen) atoms. The number of halogens is 2. The predicted molar refractivity (Wildman–Crippen MR) is 90.2 cm³/mol. The molecular weight excluding hydrogens is 332 g/mol. The number of carbonyl (C=O) groups is 1. The number of aryl methyl sites for hydroxylation is 1. The summed E-state index contributed by atoms with van der Waals surface area (Å²) in [5.74, 6) is -1.20. The minimum Gasteiger partial charge on any atom is -0.387 e. The summed E-state index contributed by atoms with van der Waals surface area (Å²) in [6, 6.07) is 10.3. The number of carbonyl (C=O) groups excluding carboxylic acids is 1. The van der Waals surface area contributed by atoms with Crippen molar-refractivity contribution in [3.8, 4) is 0 Å². The quantitative estimate of drug-likeness (QED) is 0.751. The van der Waals surface area contributed by atoms with Crippen molar-refractivity contribution in [2.75, 3.05) is 6.54 Å². The van der Waals surface area contributed by atoms with E-state index in [-0.39, 0.29) is 18.3 Å². The van der Waals surface area contributed by atoms with Gasteiger partial charge in [0.1, 0.15) is 11.6 Å². The fraction of sp³-hybridized carbons (Fsp3) is 0.167. The molecule has 124 valence electrons. The Labute approximate surface area is 141 Å². The van der Waals surface area contributed by atoms with Gasteiger partial charge in [0.2, 0.25) is 0 Å². The molecule has 0 bridgehead atoms. The summed E-state index contributed by atoms with van der Waals surface area (Å²) >= 11 is 1.20. The van der Waals surface area contributed by atoms with Crippen LogP contribution in [-0.4, -0.2) is 17.6 Å². The molecule has 1 amide bonds. The summed E-state index contributed by atoms with van der Waals surface area (Å²) in [7, 11) is 0. The van der Waals surface area contributed by atoms with Crippen molar-refractivity contribution in [1.29, 1.82) is 0 Å². The van der Waals surface area contributed by atoms with Gasteiger partial charge in [-0.1, -0.05) is 18.2 Å². The number of hydrogen-bond acceptors (Lipinski definition) is 3. The van der Waals surface area contributed by atoms with Crippen LogP contribution in [0.5, 0.6) is 0 Å². The van der Waals surface area contributed by atoms with Crippen LogP contribution in [0.15, 0.2) is 42.5 Å². The van der Waals surface area contributed by atoms with E-state index in [2.05, 4.69) is 5.32 Å². The average Bonchev–Trinajstić information content (AvgIpc) is 2.90. The van der Waals surface area contributed by atoms with Crippen LogP contribution in [0, 0.1) is 18.6 Å². The molecule has 2 aromatic carbocycles. The van der Waals surface area contributed by atoms with E-state index in [1.54, 1.807) is 25.1 Å². The van der Waals surface area contributed by atoms with Crippen LogP contribution >= 0.6 is 11.3 Å². The van der Waals surface area contributed by atoms with Crippen molar-refractivity contribution in [3.63, 3.8) is 0 Å². The van der Waals surface area contributed by atoms with Crippen LogP contribution < -0.4 is 5.32 Å². The predicted octanol–water partition coefficient (Wildman–Crippen LogP) is 3.95. The lowest BCUT2D eigenvalue weighted by Crippen LogP contribution is -2.28. The van der Waals surface area contributed by atoms with Crippen LogP contribution in [0.4, 0.5) is 8.78 Å². The third-order valence-corrected chi connectivity index (χ3v) is 5.05. The molecule has 0 radical (unpaired) electrons. The Balaban J connectivity index is 1.76. The van der Waals surface area contributed by atoms with Gasteiger partial charge in [0, 0.05) is 16.6 Å². The van der Waals surface area contributed by atoms with Crippen LogP contribution in [-0.2, 0) is 0 Å². The number of thiophene rings is 1. The van der Waals surface area contributed by atoms with E-state index in [4.69, 9.17) is 0 Å². The van der Waals surface area contributed by atoms with Crippen molar-refractivity contribution in [1.82, 2.24) is 5.32 Å². The Hall–Kier alpha value is -2.31. The Morgan fingerprint density at radius 2 is 2.00 bits per heavy atom. The topological polar surface area (TPSA) is 49.3 Å². The maximum atomic E-state index is 13.9. The molecule has 3 aromatic rings. The molecule has 1 atom stereocenters. The molecule has 1 heterocycles. The number of aliphatic hydroxyl groups is 1. The molecule has 2 N–H and O–H groups in total. The standard InChI is InChI=1S/C18H15F2NO2S/c1-10-16-13(20)6-3-7-15(16)24-17(10)18(23)21-9-14(22)11-4-2-5-12(19)8-11/h2-8,14,22H,9H2,1H3,(H,21,23). The lowest BCUT2D eigenvalue weighted by molar-refractivity contribution is 0.0920. The van der Waals surface area contributed by atoms with E-state index < -0.39 is 11.9 Å². The molecule has 0 aliphatic heterocycles. The van der Waals surface area contributed by atoms with Gasteiger partial charge in [-0.15, -0.1) is 11.3 Å². The highest BCUT2D eigenvalue weighted by molar-refractivity contribution is 7.21. The first kappa shape index (κ1) is 16.5. The summed E-state index contributed by atoms with van der Waals surface area (Å²) in [5.41, 5.74) is 0.959. The molecule has 0 fully saturated rings. The van der Waals surface area contributed by atoms with E-state index in [0.29, 0.717) is 26.1 Å². The molecule has 0 saturated carbocycles. The van der Waals surface area contributed by atoms with Gasteiger partial charge in [-0.2, -0.15) is 0 Å². The SMILES string of the molecule is Cc1c(C(=O)NCC(O)c2cccc(F)c2)sc2cccc(F)c12.